The fraction of sp³-hybridized carbons (Fsp3) is 0.375. The predicted octanol–water partition coefficient (Wildman–Crippen LogP) is 1.36. The number of alkyl halides is 2. The van der Waals surface area contributed by atoms with Gasteiger partial charge in [-0.15, -0.1) is 0 Å². The number of ether oxygens (including phenoxy) is 1. The first kappa shape index (κ1) is 9.85. The highest BCUT2D eigenvalue weighted by Crippen LogP contribution is 2.18. The Balaban J connectivity index is 2.79. The van der Waals surface area contributed by atoms with Crippen molar-refractivity contribution in [2.45, 2.75) is 12.5 Å². The summed E-state index contributed by atoms with van der Waals surface area (Å²) >= 11 is 0. The molecule has 1 heterocycles. The van der Waals surface area contributed by atoms with E-state index in [0.717, 1.165) is 0 Å². The first-order chi connectivity index (χ1) is 6.15. The fourth-order valence-electron chi connectivity index (χ4n) is 0.855. The van der Waals surface area contributed by atoms with Gasteiger partial charge in [0.25, 0.3) is 6.43 Å². The van der Waals surface area contributed by atoms with Gasteiger partial charge < -0.3 is 10.5 Å². The van der Waals surface area contributed by atoms with E-state index in [1.807, 2.05) is 0 Å². The van der Waals surface area contributed by atoms with Crippen LogP contribution < -0.4 is 10.5 Å². The number of nitrogens with two attached hydrogens (primary N) is 1. The molecule has 0 fully saturated rings. The van der Waals surface area contributed by atoms with Crippen molar-refractivity contribution in [3.63, 3.8) is 0 Å². The maximum absolute atomic E-state index is 12.1. The molecule has 1 rings (SSSR count). The second kappa shape index (κ2) is 4.13. The van der Waals surface area contributed by atoms with Gasteiger partial charge in [0.15, 0.2) is 0 Å². The van der Waals surface area contributed by atoms with Crippen LogP contribution in [0.3, 0.4) is 0 Å². The molecule has 2 N–H and O–H groups in total. The van der Waals surface area contributed by atoms with Crippen molar-refractivity contribution in [3.05, 3.63) is 23.9 Å². The molecule has 0 aliphatic carbocycles. The summed E-state index contributed by atoms with van der Waals surface area (Å²) in [4.78, 5) is 3.77. The summed E-state index contributed by atoms with van der Waals surface area (Å²) in [6.07, 6.45) is -1.29. The monoisotopic (exact) mass is 188 g/mol. The summed E-state index contributed by atoms with van der Waals surface area (Å²) in [7, 11) is 1.45. The maximum Gasteiger partial charge on any atom is 0.257 e. The van der Waals surface area contributed by atoms with Gasteiger partial charge in [-0.2, -0.15) is 0 Å². The second-order valence-corrected chi connectivity index (χ2v) is 2.49. The minimum atomic E-state index is -2.57. The smallest absolute Gasteiger partial charge is 0.257 e. The van der Waals surface area contributed by atoms with Crippen LogP contribution in [0.1, 0.15) is 11.6 Å². The largest absolute Gasteiger partial charge is 0.481 e. The lowest BCUT2D eigenvalue weighted by Gasteiger charge is -2.09. The number of pyridine rings is 1. The molecule has 0 spiro atoms. The second-order valence-electron chi connectivity index (χ2n) is 2.49. The standard InChI is InChI=1S/C8H10F2N2O/c1-13-6-3-2-5(4-12-6)7(11)8(9)10/h2-4,7-8H,11H2,1H3/t7-/m1/s1. The number of hydrogen-bond acceptors (Lipinski definition) is 3. The van der Waals surface area contributed by atoms with Crippen molar-refractivity contribution in [2.75, 3.05) is 7.11 Å². The lowest BCUT2D eigenvalue weighted by atomic mass is 10.1. The molecule has 3 nitrogen and oxygen atoms in total. The molecule has 5 heteroatoms. The molecule has 72 valence electrons. The van der Waals surface area contributed by atoms with Gasteiger partial charge in [-0.05, 0) is 5.56 Å². The van der Waals surface area contributed by atoms with Crippen LogP contribution in [0.5, 0.6) is 5.88 Å². The molecule has 13 heavy (non-hydrogen) atoms. The van der Waals surface area contributed by atoms with E-state index in [9.17, 15) is 8.78 Å². The van der Waals surface area contributed by atoms with Crippen molar-refractivity contribution < 1.29 is 13.5 Å². The van der Waals surface area contributed by atoms with Crippen LogP contribution in [0, 0.1) is 0 Å². The van der Waals surface area contributed by atoms with Gasteiger partial charge >= 0.3 is 0 Å². The highest BCUT2D eigenvalue weighted by atomic mass is 19.3. The van der Waals surface area contributed by atoms with Crippen LogP contribution in [0.4, 0.5) is 8.78 Å². The van der Waals surface area contributed by atoms with Crippen LogP contribution in [0.25, 0.3) is 0 Å². The number of halogens is 2. The third-order valence-electron chi connectivity index (χ3n) is 1.62. The first-order valence-corrected chi connectivity index (χ1v) is 3.69. The average Bonchev–Trinajstić information content (AvgIpc) is 2.17. The van der Waals surface area contributed by atoms with Crippen LogP contribution in [0.2, 0.25) is 0 Å². The van der Waals surface area contributed by atoms with Gasteiger partial charge in [0.2, 0.25) is 5.88 Å². The minimum Gasteiger partial charge on any atom is -0.481 e. The summed E-state index contributed by atoms with van der Waals surface area (Å²) < 4.78 is 29.0. The minimum absolute atomic E-state index is 0.302. The van der Waals surface area contributed by atoms with E-state index < -0.39 is 12.5 Å². The fourth-order valence-corrected chi connectivity index (χ4v) is 0.855. The van der Waals surface area contributed by atoms with Crippen LogP contribution in [-0.2, 0) is 0 Å². The molecule has 0 unspecified atom stereocenters. The normalized spacial score (nSPS) is 13.0. The third kappa shape index (κ3) is 2.35. The van der Waals surface area contributed by atoms with Crippen molar-refractivity contribution in [1.82, 2.24) is 4.98 Å². The van der Waals surface area contributed by atoms with E-state index in [1.165, 1.54) is 25.4 Å². The lowest BCUT2D eigenvalue weighted by molar-refractivity contribution is 0.116. The molecule has 0 aliphatic rings. The van der Waals surface area contributed by atoms with E-state index in [0.29, 0.717) is 11.4 Å². The summed E-state index contributed by atoms with van der Waals surface area (Å²) in [5.41, 5.74) is 5.50. The summed E-state index contributed by atoms with van der Waals surface area (Å²) in [6, 6.07) is 1.69. The van der Waals surface area contributed by atoms with Crippen molar-refractivity contribution in [2.24, 2.45) is 5.73 Å². The van der Waals surface area contributed by atoms with Crippen LogP contribution in [-0.4, -0.2) is 18.5 Å². The van der Waals surface area contributed by atoms with Crippen molar-refractivity contribution in [1.29, 1.82) is 0 Å². The lowest BCUT2D eigenvalue weighted by Crippen LogP contribution is -2.18. The topological polar surface area (TPSA) is 48.1 Å². The molecule has 0 saturated heterocycles. The Bertz CT molecular complexity index is 263. The molecule has 0 amide bonds. The quantitative estimate of drug-likeness (QED) is 0.778. The molecule has 0 aromatic carbocycles. The third-order valence-corrected chi connectivity index (χ3v) is 1.62. The van der Waals surface area contributed by atoms with Crippen LogP contribution in [0.15, 0.2) is 18.3 Å². The Morgan fingerprint density at radius 1 is 1.46 bits per heavy atom. The molecule has 0 aliphatic heterocycles. The van der Waals surface area contributed by atoms with E-state index in [2.05, 4.69) is 4.98 Å². The Labute approximate surface area is 74.5 Å². The van der Waals surface area contributed by atoms with Gasteiger partial charge in [0.1, 0.15) is 0 Å². The Hall–Kier alpha value is -1.23. The number of methoxy groups -OCH3 is 1. The zero-order chi connectivity index (χ0) is 9.84. The maximum atomic E-state index is 12.1. The first-order valence-electron chi connectivity index (χ1n) is 3.69. The van der Waals surface area contributed by atoms with Gasteiger partial charge in [0, 0.05) is 12.3 Å². The van der Waals surface area contributed by atoms with E-state index in [4.69, 9.17) is 10.5 Å². The molecular formula is C8H10F2N2O. The van der Waals surface area contributed by atoms with Gasteiger partial charge in [0.05, 0.1) is 13.2 Å². The Morgan fingerprint density at radius 3 is 2.54 bits per heavy atom. The molecule has 0 bridgehead atoms. The SMILES string of the molecule is COc1ccc([C@@H](N)C(F)F)cn1. The number of aromatic nitrogens is 1. The van der Waals surface area contributed by atoms with Gasteiger partial charge in [-0.25, -0.2) is 13.8 Å². The van der Waals surface area contributed by atoms with E-state index >= 15 is 0 Å². The summed E-state index contributed by atoms with van der Waals surface area (Å²) in [6.45, 7) is 0. The zero-order valence-electron chi connectivity index (χ0n) is 7.08. The average molecular weight is 188 g/mol. The van der Waals surface area contributed by atoms with E-state index in [-0.39, 0.29) is 0 Å². The molecule has 1 atom stereocenters. The highest BCUT2D eigenvalue weighted by molar-refractivity contribution is 5.20. The highest BCUT2D eigenvalue weighted by Gasteiger charge is 2.17. The Morgan fingerprint density at radius 2 is 2.15 bits per heavy atom. The molecule has 0 saturated carbocycles. The van der Waals surface area contributed by atoms with Crippen molar-refractivity contribution >= 4 is 0 Å². The van der Waals surface area contributed by atoms with Gasteiger partial charge in [-0.3, -0.25) is 0 Å². The number of nitrogens with zero attached hydrogens (tertiary/aromatic N) is 1. The molecular weight excluding hydrogens is 178 g/mol. The van der Waals surface area contributed by atoms with Crippen LogP contribution >= 0.6 is 0 Å². The number of rotatable bonds is 3. The molecule has 1 aromatic heterocycles. The number of hydrogen-bond donors (Lipinski definition) is 1. The Kier molecular flexibility index (Phi) is 3.13. The van der Waals surface area contributed by atoms with Gasteiger partial charge in [-0.1, -0.05) is 6.07 Å². The van der Waals surface area contributed by atoms with Crippen molar-refractivity contribution in [3.8, 4) is 5.88 Å². The molecule has 1 aromatic rings. The molecule has 0 radical (unpaired) electrons. The predicted molar refractivity (Wildman–Crippen MR) is 43.7 cm³/mol. The summed E-state index contributed by atoms with van der Waals surface area (Å²) in [5, 5.41) is 0. The van der Waals surface area contributed by atoms with E-state index in [1.54, 1.807) is 0 Å². The zero-order valence-corrected chi connectivity index (χ0v) is 7.08. The summed E-state index contributed by atoms with van der Waals surface area (Å²) in [5.74, 6) is 0.380.